The van der Waals surface area contributed by atoms with E-state index in [0.29, 0.717) is 10.8 Å². The van der Waals surface area contributed by atoms with Crippen LogP contribution in [0.25, 0.3) is 0 Å². The average molecular weight is 456 g/mol. The van der Waals surface area contributed by atoms with Crippen LogP contribution in [0.2, 0.25) is 0 Å². The third-order valence-electron chi connectivity index (χ3n) is 5.23. The first-order valence-electron chi connectivity index (χ1n) is 8.58. The van der Waals surface area contributed by atoms with Gasteiger partial charge in [-0.2, -0.15) is 11.8 Å². The fourth-order valence-corrected chi connectivity index (χ4v) is 3.08. The van der Waals surface area contributed by atoms with Gasteiger partial charge in [-0.25, -0.2) is 0 Å². The summed E-state index contributed by atoms with van der Waals surface area (Å²) >= 11 is 0. The topological polar surface area (TPSA) is 0 Å². The fourth-order valence-electron chi connectivity index (χ4n) is 3.08. The van der Waals surface area contributed by atoms with Gasteiger partial charge in [-0.1, -0.05) is 65.2 Å². The Morgan fingerprint density at radius 2 is 1.23 bits per heavy atom. The Morgan fingerprint density at radius 1 is 0.773 bits per heavy atom. The zero-order chi connectivity index (χ0) is 15.9. The minimum Gasteiger partial charge on any atom is -0.367 e. The second kappa shape index (κ2) is 13.4. The largest absolute Gasteiger partial charge is 0.367 e. The van der Waals surface area contributed by atoms with Gasteiger partial charge >= 0.3 is 0 Å². The normalized spacial score (nSPS) is 27.3. The summed E-state index contributed by atoms with van der Waals surface area (Å²) in [4.78, 5) is 0. The predicted octanol–water partition coefficient (Wildman–Crippen LogP) is 6.87. The molecule has 0 aromatic rings. The van der Waals surface area contributed by atoms with Crippen LogP contribution in [0.5, 0.6) is 0 Å². The Bertz CT molecular complexity index is 250. The molecule has 0 aromatic heterocycles. The summed E-state index contributed by atoms with van der Waals surface area (Å²) in [6, 6.07) is 0. The molecule has 0 spiro atoms. The van der Waals surface area contributed by atoms with Crippen molar-refractivity contribution < 1.29 is 65.4 Å². The fraction of sp³-hybridized carbons (Fsp3) is 0.800. The third-order valence-corrected chi connectivity index (χ3v) is 5.23. The van der Waals surface area contributed by atoms with Crippen molar-refractivity contribution in [3.63, 3.8) is 0 Å². The zero-order valence-electron chi connectivity index (χ0n) is 15.8. The minimum absolute atomic E-state index is 0. The standard InChI is InChI=1S/C10H18.C8H14.C2H6.2Y/c1-5-6-10(4)8-7-9(10,2)3;1-8(2)6-4-3-5-7-8;1-2;;/h1,4-8H2,2-3H3;1-7H2;1-2H3;;/q2*-2;;;. The number of hydrogen-bond acceptors (Lipinski definition) is 0. The summed E-state index contributed by atoms with van der Waals surface area (Å²) in [5, 5.41) is 0. The molecule has 2 radical (unpaired) electrons. The van der Waals surface area contributed by atoms with Crippen LogP contribution in [0.1, 0.15) is 85.5 Å². The second-order valence-electron chi connectivity index (χ2n) is 7.33. The molecule has 2 aliphatic rings. The molecule has 0 aromatic carbocycles. The minimum atomic E-state index is 0. The second-order valence-corrected chi connectivity index (χ2v) is 7.33. The molecule has 22 heavy (non-hydrogen) atoms. The van der Waals surface area contributed by atoms with Crippen LogP contribution in [0.4, 0.5) is 0 Å². The van der Waals surface area contributed by atoms with E-state index in [4.69, 9.17) is 0 Å². The summed E-state index contributed by atoms with van der Waals surface area (Å²) in [6.07, 6.45) is 11.4. The Balaban J connectivity index is -0.000000276. The van der Waals surface area contributed by atoms with Crippen LogP contribution in [-0.4, -0.2) is 0 Å². The molecule has 0 bridgehead atoms. The summed E-state index contributed by atoms with van der Waals surface area (Å²) in [7, 11) is 0. The number of rotatable bonds is 2. The van der Waals surface area contributed by atoms with E-state index in [-0.39, 0.29) is 70.8 Å². The Hall–Kier alpha value is 2.21. The number of hydrogen-bond donors (Lipinski definition) is 0. The smallest absolute Gasteiger partial charge is 0 e. The molecule has 0 heterocycles. The Morgan fingerprint density at radius 3 is 1.36 bits per heavy atom. The van der Waals surface area contributed by atoms with Gasteiger partial charge < -0.3 is 27.7 Å². The van der Waals surface area contributed by atoms with Gasteiger partial charge in [-0.05, 0) is 0 Å². The summed E-state index contributed by atoms with van der Waals surface area (Å²) < 4.78 is 0. The molecule has 2 saturated carbocycles. The van der Waals surface area contributed by atoms with Crippen molar-refractivity contribution in [3.8, 4) is 0 Å². The molecule has 1 unspecified atom stereocenters. The average Bonchev–Trinajstić information content (AvgIpc) is 2.40. The van der Waals surface area contributed by atoms with Gasteiger partial charge in [0.05, 0.1) is 0 Å². The van der Waals surface area contributed by atoms with Crippen LogP contribution in [0.3, 0.4) is 0 Å². The van der Waals surface area contributed by atoms with E-state index in [9.17, 15) is 0 Å². The molecule has 0 saturated heterocycles. The maximum absolute atomic E-state index is 4.28. The Kier molecular flexibility index (Phi) is 17.7. The molecule has 2 fully saturated rings. The predicted molar refractivity (Wildman–Crippen MR) is 93.0 cm³/mol. The van der Waals surface area contributed by atoms with Gasteiger partial charge in [0, 0.05) is 65.4 Å². The van der Waals surface area contributed by atoms with Crippen LogP contribution in [0.15, 0.2) is 0 Å². The zero-order valence-corrected chi connectivity index (χ0v) is 21.5. The summed E-state index contributed by atoms with van der Waals surface area (Å²) in [5.74, 6) is 0. The van der Waals surface area contributed by atoms with Crippen molar-refractivity contribution in [1.82, 2.24) is 0 Å². The van der Waals surface area contributed by atoms with Gasteiger partial charge in [0.25, 0.3) is 0 Å². The van der Waals surface area contributed by atoms with E-state index < -0.39 is 0 Å². The van der Waals surface area contributed by atoms with Gasteiger partial charge in [-0.15, -0.1) is 19.3 Å². The van der Waals surface area contributed by atoms with Crippen LogP contribution in [0, 0.1) is 43.9 Å². The van der Waals surface area contributed by atoms with E-state index >= 15 is 0 Å². The molecule has 128 valence electrons. The van der Waals surface area contributed by atoms with Crippen molar-refractivity contribution in [2.24, 2.45) is 16.2 Å². The summed E-state index contributed by atoms with van der Waals surface area (Å²) in [5.41, 5.74) is 1.01. The molecule has 2 aliphatic carbocycles. The quantitative estimate of drug-likeness (QED) is 0.398. The molecular weight excluding hydrogens is 418 g/mol. The van der Waals surface area contributed by atoms with E-state index in [1.165, 1.54) is 51.4 Å². The maximum atomic E-state index is 4.28. The maximum Gasteiger partial charge on any atom is 0 e. The van der Waals surface area contributed by atoms with Gasteiger partial charge in [0.1, 0.15) is 0 Å². The summed E-state index contributed by atoms with van der Waals surface area (Å²) in [6.45, 7) is 24.8. The molecule has 2 heteroatoms. The van der Waals surface area contributed by atoms with Gasteiger partial charge in [0.15, 0.2) is 0 Å². The molecule has 1 atom stereocenters. The van der Waals surface area contributed by atoms with Crippen molar-refractivity contribution >= 4 is 0 Å². The van der Waals surface area contributed by atoms with E-state index in [1.54, 1.807) is 0 Å². The van der Waals surface area contributed by atoms with Crippen LogP contribution < -0.4 is 0 Å². The van der Waals surface area contributed by atoms with Crippen LogP contribution >= 0.6 is 0 Å². The SMILES string of the molecule is CC.[CH2-]C1([CH2-])CCCCC1.[CH2-]CCC1([CH2-])CCC1(C)C.[Y].[Y]. The Labute approximate surface area is 192 Å². The molecule has 0 nitrogen and oxygen atoms in total. The van der Waals surface area contributed by atoms with Crippen LogP contribution in [-0.2, 0) is 65.4 Å². The van der Waals surface area contributed by atoms with E-state index in [0.717, 1.165) is 6.42 Å². The van der Waals surface area contributed by atoms with Gasteiger partial charge in [-0.3, -0.25) is 5.41 Å². The monoisotopic (exact) mass is 456 g/mol. The molecular formula is C20H38Y2-4. The first-order valence-corrected chi connectivity index (χ1v) is 8.58. The molecule has 0 amide bonds. The van der Waals surface area contributed by atoms with Crippen molar-refractivity contribution in [3.05, 3.63) is 27.7 Å². The molecule has 0 aliphatic heterocycles. The molecule has 2 rings (SSSR count). The molecule has 0 N–H and O–H groups in total. The van der Waals surface area contributed by atoms with Crippen molar-refractivity contribution in [1.29, 1.82) is 0 Å². The van der Waals surface area contributed by atoms with Crippen molar-refractivity contribution in [2.75, 3.05) is 0 Å². The first kappa shape index (κ1) is 29.0. The third kappa shape index (κ3) is 9.63. The van der Waals surface area contributed by atoms with E-state index in [1.807, 2.05) is 13.8 Å². The van der Waals surface area contributed by atoms with E-state index in [2.05, 4.69) is 41.5 Å². The first-order chi connectivity index (χ1) is 9.22. The van der Waals surface area contributed by atoms with Crippen molar-refractivity contribution in [2.45, 2.75) is 85.5 Å². The van der Waals surface area contributed by atoms with Gasteiger partial charge in [0.2, 0.25) is 0 Å².